The standard InChI is InChI=1S/C18H18O4S/c1-13(19)22-17(12-14-8-10-15(21-2)11-9-14)18(20)23-16-6-4-3-5-7-16/h3-11,17H,12H2,1-2H3/t17-/m0/s1. The minimum Gasteiger partial charge on any atom is -0.497 e. The van der Waals surface area contributed by atoms with Gasteiger partial charge in [-0.15, -0.1) is 0 Å². The van der Waals surface area contributed by atoms with E-state index >= 15 is 0 Å². The van der Waals surface area contributed by atoms with Crippen molar-refractivity contribution in [1.29, 1.82) is 0 Å². The molecule has 0 spiro atoms. The van der Waals surface area contributed by atoms with Crippen molar-refractivity contribution < 1.29 is 19.1 Å². The van der Waals surface area contributed by atoms with Crippen LogP contribution in [0.25, 0.3) is 0 Å². The molecule has 0 fully saturated rings. The summed E-state index contributed by atoms with van der Waals surface area (Å²) >= 11 is 1.08. The van der Waals surface area contributed by atoms with E-state index in [2.05, 4.69) is 0 Å². The first kappa shape index (κ1) is 17.1. The van der Waals surface area contributed by atoms with Gasteiger partial charge in [0.1, 0.15) is 5.75 Å². The average Bonchev–Trinajstić information content (AvgIpc) is 2.55. The molecule has 0 bridgehead atoms. The van der Waals surface area contributed by atoms with Gasteiger partial charge < -0.3 is 9.47 Å². The van der Waals surface area contributed by atoms with Gasteiger partial charge in [0, 0.05) is 18.2 Å². The zero-order valence-electron chi connectivity index (χ0n) is 13.0. The number of hydrogen-bond acceptors (Lipinski definition) is 5. The molecule has 0 radical (unpaired) electrons. The summed E-state index contributed by atoms with van der Waals surface area (Å²) < 4.78 is 10.3. The molecule has 0 aliphatic heterocycles. The van der Waals surface area contributed by atoms with Gasteiger partial charge in [0.15, 0.2) is 6.10 Å². The van der Waals surface area contributed by atoms with Crippen molar-refractivity contribution in [2.75, 3.05) is 7.11 Å². The molecule has 0 N–H and O–H groups in total. The van der Waals surface area contributed by atoms with Crippen LogP contribution in [0.2, 0.25) is 0 Å². The minimum atomic E-state index is -0.814. The molecule has 0 amide bonds. The second-order valence-corrected chi connectivity index (χ2v) is 5.96. The summed E-state index contributed by atoms with van der Waals surface area (Å²) in [4.78, 5) is 24.6. The lowest BCUT2D eigenvalue weighted by atomic mass is 10.1. The number of hydrogen-bond donors (Lipinski definition) is 0. The molecule has 1 atom stereocenters. The maximum absolute atomic E-state index is 12.4. The second-order valence-electron chi connectivity index (χ2n) is 4.88. The summed E-state index contributed by atoms with van der Waals surface area (Å²) in [5, 5.41) is -0.192. The van der Waals surface area contributed by atoms with Crippen molar-refractivity contribution in [3.8, 4) is 5.75 Å². The van der Waals surface area contributed by atoms with Crippen LogP contribution in [0, 0.1) is 0 Å². The third-order valence-electron chi connectivity index (χ3n) is 3.11. The van der Waals surface area contributed by atoms with E-state index in [1.165, 1.54) is 6.92 Å². The number of thioether (sulfide) groups is 1. The molecule has 2 rings (SSSR count). The highest BCUT2D eigenvalue weighted by Crippen LogP contribution is 2.23. The molecule has 120 valence electrons. The summed E-state index contributed by atoms with van der Waals surface area (Å²) in [7, 11) is 1.59. The lowest BCUT2D eigenvalue weighted by Crippen LogP contribution is -2.26. The van der Waals surface area contributed by atoms with Crippen LogP contribution in [0.4, 0.5) is 0 Å². The van der Waals surface area contributed by atoms with Crippen LogP contribution in [-0.4, -0.2) is 24.3 Å². The normalized spacial score (nSPS) is 11.6. The fourth-order valence-corrected chi connectivity index (χ4v) is 2.81. The maximum atomic E-state index is 12.4. The number of esters is 1. The molecule has 0 heterocycles. The monoisotopic (exact) mass is 330 g/mol. The van der Waals surface area contributed by atoms with Crippen LogP contribution < -0.4 is 4.74 Å². The SMILES string of the molecule is COc1ccc(C[C@H](OC(C)=O)C(=O)Sc2ccccc2)cc1. The van der Waals surface area contributed by atoms with Crippen molar-refractivity contribution in [3.63, 3.8) is 0 Å². The Labute approximate surface area is 139 Å². The van der Waals surface area contributed by atoms with Gasteiger partial charge in [-0.25, -0.2) is 0 Å². The minimum absolute atomic E-state index is 0.192. The van der Waals surface area contributed by atoms with E-state index in [1.54, 1.807) is 7.11 Å². The Morgan fingerprint density at radius 1 is 1.04 bits per heavy atom. The highest BCUT2D eigenvalue weighted by molar-refractivity contribution is 8.13. The number of carbonyl (C=O) groups is 2. The van der Waals surface area contributed by atoms with Gasteiger partial charge in [0.05, 0.1) is 7.11 Å². The van der Waals surface area contributed by atoms with Crippen LogP contribution in [0.1, 0.15) is 12.5 Å². The van der Waals surface area contributed by atoms with E-state index in [4.69, 9.17) is 9.47 Å². The molecule has 0 saturated heterocycles. The molecular formula is C18H18O4S. The van der Waals surface area contributed by atoms with Crippen molar-refractivity contribution >= 4 is 22.8 Å². The maximum Gasteiger partial charge on any atom is 0.303 e. The molecule has 23 heavy (non-hydrogen) atoms. The van der Waals surface area contributed by atoms with Crippen LogP contribution in [-0.2, 0) is 20.7 Å². The van der Waals surface area contributed by atoms with E-state index in [-0.39, 0.29) is 5.12 Å². The molecule has 4 nitrogen and oxygen atoms in total. The predicted octanol–water partition coefficient (Wildman–Crippen LogP) is 3.49. The molecule has 2 aromatic rings. The molecule has 5 heteroatoms. The third kappa shape index (κ3) is 5.45. The summed E-state index contributed by atoms with van der Waals surface area (Å²) in [6.45, 7) is 1.31. The first-order valence-corrected chi connectivity index (χ1v) is 7.97. The Morgan fingerprint density at radius 2 is 1.70 bits per heavy atom. The third-order valence-corrected chi connectivity index (χ3v) is 4.08. The first-order chi connectivity index (χ1) is 11.1. The van der Waals surface area contributed by atoms with Crippen LogP contribution in [0.5, 0.6) is 5.75 Å². The molecule has 0 aliphatic rings. The lowest BCUT2D eigenvalue weighted by molar-refractivity contribution is -0.150. The average molecular weight is 330 g/mol. The molecule has 2 aromatic carbocycles. The van der Waals surface area contributed by atoms with Crippen molar-refractivity contribution in [2.24, 2.45) is 0 Å². The predicted molar refractivity (Wildman–Crippen MR) is 89.6 cm³/mol. The van der Waals surface area contributed by atoms with Crippen LogP contribution in [0.15, 0.2) is 59.5 Å². The molecule has 0 unspecified atom stereocenters. The Hall–Kier alpha value is -2.27. The van der Waals surface area contributed by atoms with Crippen molar-refractivity contribution in [2.45, 2.75) is 24.3 Å². The van der Waals surface area contributed by atoms with E-state index in [0.29, 0.717) is 6.42 Å². The van der Waals surface area contributed by atoms with E-state index in [0.717, 1.165) is 28.0 Å². The quantitative estimate of drug-likeness (QED) is 0.599. The lowest BCUT2D eigenvalue weighted by Gasteiger charge is -2.15. The molecule has 0 saturated carbocycles. The van der Waals surface area contributed by atoms with Gasteiger partial charge in [0.2, 0.25) is 5.12 Å². The summed E-state index contributed by atoms with van der Waals surface area (Å²) in [5.41, 5.74) is 0.902. The zero-order valence-corrected chi connectivity index (χ0v) is 13.8. The van der Waals surface area contributed by atoms with Crippen molar-refractivity contribution in [1.82, 2.24) is 0 Å². The van der Waals surface area contributed by atoms with E-state index in [9.17, 15) is 9.59 Å². The second kappa shape index (κ2) is 8.39. The smallest absolute Gasteiger partial charge is 0.303 e. The van der Waals surface area contributed by atoms with Crippen LogP contribution in [0.3, 0.4) is 0 Å². The highest BCUT2D eigenvalue weighted by atomic mass is 32.2. The number of rotatable bonds is 6. The number of ether oxygens (including phenoxy) is 2. The Balaban J connectivity index is 2.08. The van der Waals surface area contributed by atoms with E-state index in [1.807, 2.05) is 54.6 Å². The Morgan fingerprint density at radius 3 is 2.26 bits per heavy atom. The molecular weight excluding hydrogens is 312 g/mol. The number of carbonyl (C=O) groups excluding carboxylic acids is 2. The van der Waals surface area contributed by atoms with Gasteiger partial charge in [-0.2, -0.15) is 0 Å². The fourth-order valence-electron chi connectivity index (χ4n) is 2.02. The van der Waals surface area contributed by atoms with Gasteiger partial charge in [0.25, 0.3) is 0 Å². The molecule has 0 aromatic heterocycles. The Bertz CT molecular complexity index is 652. The first-order valence-electron chi connectivity index (χ1n) is 7.15. The van der Waals surface area contributed by atoms with E-state index < -0.39 is 12.1 Å². The Kier molecular flexibility index (Phi) is 6.23. The number of benzene rings is 2. The summed E-state index contributed by atoms with van der Waals surface area (Å²) in [6, 6.07) is 16.6. The summed E-state index contributed by atoms with van der Waals surface area (Å²) in [5.74, 6) is 0.272. The van der Waals surface area contributed by atoms with Gasteiger partial charge >= 0.3 is 5.97 Å². The highest BCUT2D eigenvalue weighted by Gasteiger charge is 2.23. The summed E-state index contributed by atoms with van der Waals surface area (Å²) in [6.07, 6.45) is -0.478. The topological polar surface area (TPSA) is 52.6 Å². The van der Waals surface area contributed by atoms with Gasteiger partial charge in [-0.3, -0.25) is 9.59 Å². The van der Waals surface area contributed by atoms with Crippen molar-refractivity contribution in [3.05, 3.63) is 60.2 Å². The zero-order chi connectivity index (χ0) is 16.7. The number of methoxy groups -OCH3 is 1. The van der Waals surface area contributed by atoms with Gasteiger partial charge in [-0.1, -0.05) is 30.3 Å². The fraction of sp³-hybridized carbons (Fsp3) is 0.222. The molecule has 0 aliphatic carbocycles. The van der Waals surface area contributed by atoms with Crippen LogP contribution >= 0.6 is 11.8 Å². The largest absolute Gasteiger partial charge is 0.497 e. The van der Waals surface area contributed by atoms with Gasteiger partial charge in [-0.05, 0) is 41.6 Å².